The van der Waals surface area contributed by atoms with Crippen molar-refractivity contribution < 1.29 is 14.0 Å². The fourth-order valence-corrected chi connectivity index (χ4v) is 7.17. The largest absolute Gasteiger partial charge is 0.352 e. The van der Waals surface area contributed by atoms with Crippen LogP contribution in [0.5, 0.6) is 0 Å². The molecular weight excluding hydrogens is 512 g/mol. The number of hydrogen-bond acceptors (Lipinski definition) is 3. The van der Waals surface area contributed by atoms with Crippen molar-refractivity contribution in [2.75, 3.05) is 5.32 Å². The third-order valence-electron chi connectivity index (χ3n) is 8.17. The molecule has 3 N–H and O–H groups in total. The molecule has 2 amide bonds. The van der Waals surface area contributed by atoms with Gasteiger partial charge in [0.15, 0.2) is 0 Å². The number of carbonyl (C=O) groups excluding carboxylic acids is 2. The van der Waals surface area contributed by atoms with Crippen LogP contribution in [0.2, 0.25) is 10.0 Å². The van der Waals surface area contributed by atoms with Crippen LogP contribution in [0.4, 0.5) is 10.1 Å². The molecule has 2 aromatic rings. The fourth-order valence-electron chi connectivity index (χ4n) is 6.82. The van der Waals surface area contributed by atoms with E-state index in [1.165, 1.54) is 6.07 Å². The summed E-state index contributed by atoms with van der Waals surface area (Å²) >= 11 is 12.5. The zero-order valence-corrected chi connectivity index (χ0v) is 23.4. The molecule has 8 heteroatoms. The quantitative estimate of drug-likeness (QED) is 0.429. The predicted molar refractivity (Wildman–Crippen MR) is 146 cm³/mol. The Morgan fingerprint density at radius 3 is 2.51 bits per heavy atom. The second kappa shape index (κ2) is 8.96. The Balaban J connectivity index is 1.69. The van der Waals surface area contributed by atoms with Crippen LogP contribution >= 0.6 is 23.2 Å². The summed E-state index contributed by atoms with van der Waals surface area (Å²) in [5.74, 6) is -1.93. The number of hydrogen-bond donors (Lipinski definition) is 3. The van der Waals surface area contributed by atoms with Gasteiger partial charge in [0.1, 0.15) is 11.2 Å². The van der Waals surface area contributed by atoms with Crippen LogP contribution in [0.1, 0.15) is 70.9 Å². The summed E-state index contributed by atoms with van der Waals surface area (Å²) in [5.41, 5.74) is 0.323. The number of carbonyl (C=O) groups is 2. The van der Waals surface area contributed by atoms with E-state index in [1.54, 1.807) is 24.3 Å². The van der Waals surface area contributed by atoms with E-state index < -0.39 is 29.2 Å². The highest BCUT2D eigenvalue weighted by Crippen LogP contribution is 2.57. The lowest BCUT2D eigenvalue weighted by atomic mass is 9.62. The summed E-state index contributed by atoms with van der Waals surface area (Å²) in [7, 11) is 0. The van der Waals surface area contributed by atoms with Gasteiger partial charge in [0.25, 0.3) is 0 Å². The van der Waals surface area contributed by atoms with Gasteiger partial charge in [0.2, 0.25) is 11.8 Å². The summed E-state index contributed by atoms with van der Waals surface area (Å²) in [6, 6.07) is 8.86. The van der Waals surface area contributed by atoms with E-state index in [-0.39, 0.29) is 39.3 Å². The third-order valence-corrected chi connectivity index (χ3v) is 8.69. The van der Waals surface area contributed by atoms with Gasteiger partial charge in [-0.1, -0.05) is 76.0 Å². The van der Waals surface area contributed by atoms with E-state index in [1.807, 2.05) is 6.07 Å². The van der Waals surface area contributed by atoms with Crippen molar-refractivity contribution in [2.45, 2.75) is 83.3 Å². The molecule has 0 bridgehead atoms. The molecule has 5 rings (SSSR count). The number of rotatable bonds is 4. The Morgan fingerprint density at radius 1 is 1.16 bits per heavy atom. The van der Waals surface area contributed by atoms with Crippen LogP contribution < -0.4 is 16.0 Å². The van der Waals surface area contributed by atoms with E-state index in [0.717, 1.165) is 12.8 Å². The minimum absolute atomic E-state index is 0.0402. The lowest BCUT2D eigenvalue weighted by molar-refractivity contribution is -0.125. The highest BCUT2D eigenvalue weighted by Gasteiger charge is 2.66. The summed E-state index contributed by atoms with van der Waals surface area (Å²) < 4.78 is 15.8. The highest BCUT2D eigenvalue weighted by atomic mass is 35.5. The van der Waals surface area contributed by atoms with Crippen molar-refractivity contribution in [3.63, 3.8) is 0 Å². The van der Waals surface area contributed by atoms with Crippen molar-refractivity contribution in [3.8, 4) is 0 Å². The maximum absolute atomic E-state index is 15.8. The SMILES string of the molecule is CC(C)(C)C[C@@H]1N[C@@H](C(=O)NC2CC(C)(C)C2)[C@H](c2cccc(Cl)c2F)[C@]12C(=O)Nc1cc(Cl)ccc12. The van der Waals surface area contributed by atoms with Gasteiger partial charge in [-0.05, 0) is 59.4 Å². The van der Waals surface area contributed by atoms with Gasteiger partial charge in [-0.2, -0.15) is 0 Å². The van der Waals surface area contributed by atoms with Crippen molar-refractivity contribution in [2.24, 2.45) is 10.8 Å². The Hall–Kier alpha value is -2.15. The molecule has 198 valence electrons. The number of fused-ring (bicyclic) bond motifs is 2. The molecule has 1 saturated carbocycles. The van der Waals surface area contributed by atoms with Crippen LogP contribution in [-0.4, -0.2) is 29.9 Å². The minimum Gasteiger partial charge on any atom is -0.352 e. The molecule has 2 fully saturated rings. The van der Waals surface area contributed by atoms with Gasteiger partial charge in [-0.3, -0.25) is 9.59 Å². The highest BCUT2D eigenvalue weighted by molar-refractivity contribution is 6.31. The molecule has 0 unspecified atom stereocenters. The fraction of sp³-hybridized carbons (Fsp3) is 0.517. The van der Waals surface area contributed by atoms with Gasteiger partial charge >= 0.3 is 0 Å². The van der Waals surface area contributed by atoms with Crippen LogP contribution in [0.3, 0.4) is 0 Å². The zero-order valence-electron chi connectivity index (χ0n) is 21.8. The van der Waals surface area contributed by atoms with Crippen LogP contribution in [0.15, 0.2) is 36.4 Å². The van der Waals surface area contributed by atoms with Crippen molar-refractivity contribution >= 4 is 40.7 Å². The summed E-state index contributed by atoms with van der Waals surface area (Å²) in [5, 5.41) is 10.1. The lowest BCUT2D eigenvalue weighted by Gasteiger charge is -2.43. The van der Waals surface area contributed by atoms with E-state index in [4.69, 9.17) is 23.2 Å². The second-order valence-corrected chi connectivity index (χ2v) is 13.7. The predicted octanol–water partition coefficient (Wildman–Crippen LogP) is 6.19. The molecule has 2 heterocycles. The number of nitrogens with one attached hydrogen (secondary N) is 3. The monoisotopic (exact) mass is 545 g/mol. The van der Waals surface area contributed by atoms with Crippen LogP contribution in [0.25, 0.3) is 0 Å². The minimum atomic E-state index is -1.24. The topological polar surface area (TPSA) is 70.2 Å². The first-order chi connectivity index (χ1) is 17.2. The molecular formula is C29H34Cl2FN3O2. The Kier molecular flexibility index (Phi) is 6.41. The molecule has 37 heavy (non-hydrogen) atoms. The average molecular weight is 547 g/mol. The Morgan fingerprint density at radius 2 is 1.86 bits per heavy atom. The van der Waals surface area contributed by atoms with Crippen molar-refractivity contribution in [1.82, 2.24) is 10.6 Å². The van der Waals surface area contributed by atoms with E-state index in [0.29, 0.717) is 22.7 Å². The van der Waals surface area contributed by atoms with Gasteiger partial charge in [0, 0.05) is 28.7 Å². The van der Waals surface area contributed by atoms with Crippen LogP contribution in [-0.2, 0) is 15.0 Å². The molecule has 1 spiro atoms. The van der Waals surface area contributed by atoms with E-state index >= 15 is 4.39 Å². The first-order valence-corrected chi connectivity index (χ1v) is 13.6. The maximum atomic E-state index is 15.8. The molecule has 5 nitrogen and oxygen atoms in total. The second-order valence-electron chi connectivity index (χ2n) is 12.9. The molecule has 1 saturated heterocycles. The van der Waals surface area contributed by atoms with Gasteiger partial charge < -0.3 is 16.0 Å². The maximum Gasteiger partial charge on any atom is 0.238 e. The third kappa shape index (κ3) is 4.45. The first-order valence-electron chi connectivity index (χ1n) is 12.8. The van der Waals surface area contributed by atoms with Crippen molar-refractivity contribution in [3.05, 3.63) is 63.4 Å². The molecule has 2 aromatic carbocycles. The van der Waals surface area contributed by atoms with Crippen molar-refractivity contribution in [1.29, 1.82) is 0 Å². The molecule has 1 aliphatic carbocycles. The molecule has 3 aliphatic rings. The standard InChI is InChI=1S/C29H34Cl2FN3O2/c1-27(2,3)14-21-29(18-10-9-15(30)11-20(18)34-26(29)37)22(17-7-6-8-19(31)23(17)32)24(35-21)25(36)33-16-12-28(4,5)13-16/h6-11,16,21-22,24,35H,12-14H2,1-5H3,(H,33,36)(H,34,37)/t21-,22-,24+,29+/m0/s1. The number of benzene rings is 2. The van der Waals surface area contributed by atoms with Gasteiger partial charge in [-0.15, -0.1) is 0 Å². The van der Waals surface area contributed by atoms with Gasteiger partial charge in [0.05, 0.1) is 11.1 Å². The molecule has 2 aliphatic heterocycles. The molecule has 4 atom stereocenters. The Labute approximate surface area is 227 Å². The summed E-state index contributed by atoms with van der Waals surface area (Å²) in [4.78, 5) is 28.0. The smallest absolute Gasteiger partial charge is 0.238 e. The normalized spacial score (nSPS) is 28.6. The average Bonchev–Trinajstić information content (AvgIpc) is 3.23. The summed E-state index contributed by atoms with van der Waals surface area (Å²) in [6.45, 7) is 10.6. The molecule has 0 radical (unpaired) electrons. The lowest BCUT2D eigenvalue weighted by Crippen LogP contribution is -2.54. The zero-order chi connectivity index (χ0) is 26.9. The molecule has 0 aromatic heterocycles. The number of anilines is 1. The Bertz CT molecular complexity index is 1270. The number of amides is 2. The summed E-state index contributed by atoms with van der Waals surface area (Å²) in [6.07, 6.45) is 2.33. The number of halogens is 3. The van der Waals surface area contributed by atoms with Gasteiger partial charge in [-0.25, -0.2) is 4.39 Å². The van der Waals surface area contributed by atoms with E-state index in [9.17, 15) is 9.59 Å². The van der Waals surface area contributed by atoms with E-state index in [2.05, 4.69) is 50.6 Å². The van der Waals surface area contributed by atoms with Crippen LogP contribution in [0, 0.1) is 16.6 Å². The first kappa shape index (κ1) is 26.5.